The monoisotopic (exact) mass is 348 g/mol. The highest BCUT2D eigenvalue weighted by Crippen LogP contribution is 2.28. The molecule has 5 nitrogen and oxygen atoms in total. The first-order valence-corrected chi connectivity index (χ1v) is 8.81. The van der Waals surface area contributed by atoms with Gasteiger partial charge in [0.15, 0.2) is 0 Å². The van der Waals surface area contributed by atoms with Crippen LogP contribution in [0.5, 0.6) is 0 Å². The lowest BCUT2D eigenvalue weighted by molar-refractivity contribution is 0.0693. The van der Waals surface area contributed by atoms with E-state index in [9.17, 15) is 9.59 Å². The van der Waals surface area contributed by atoms with Gasteiger partial charge in [0.25, 0.3) is 5.91 Å². The van der Waals surface area contributed by atoms with Crippen molar-refractivity contribution in [1.82, 2.24) is 9.88 Å². The number of carbonyl (C=O) groups is 2. The van der Waals surface area contributed by atoms with Crippen molar-refractivity contribution in [3.8, 4) is 0 Å². The van der Waals surface area contributed by atoms with E-state index in [2.05, 4.69) is 4.98 Å². The molecule has 3 aromatic rings. The largest absolute Gasteiger partial charge is 0.478 e. The number of piperidine rings is 1. The Morgan fingerprint density at radius 2 is 1.81 bits per heavy atom. The molecule has 1 atom stereocenters. The quantitative estimate of drug-likeness (QED) is 0.754. The van der Waals surface area contributed by atoms with Crippen molar-refractivity contribution in [3.63, 3.8) is 0 Å². The van der Waals surface area contributed by atoms with Crippen LogP contribution in [0.3, 0.4) is 0 Å². The third-order valence-corrected chi connectivity index (χ3v) is 5.14. The summed E-state index contributed by atoms with van der Waals surface area (Å²) in [6.45, 7) is 1.42. The van der Waals surface area contributed by atoms with E-state index in [0.717, 1.165) is 35.9 Å². The lowest BCUT2D eigenvalue weighted by Crippen LogP contribution is -2.39. The Bertz CT molecular complexity index is 959. The Hall–Kier alpha value is -3.08. The van der Waals surface area contributed by atoms with Gasteiger partial charge in [-0.25, -0.2) is 4.79 Å². The van der Waals surface area contributed by atoms with Crippen molar-refractivity contribution in [1.29, 1.82) is 0 Å². The number of hydrogen-bond acceptors (Lipinski definition) is 2. The van der Waals surface area contributed by atoms with Gasteiger partial charge in [-0.05, 0) is 54.1 Å². The number of nitrogens with zero attached hydrogens (tertiary/aromatic N) is 1. The second-order valence-corrected chi connectivity index (χ2v) is 6.80. The summed E-state index contributed by atoms with van der Waals surface area (Å²) in [6, 6.07) is 14.7. The van der Waals surface area contributed by atoms with Gasteiger partial charge in [0.1, 0.15) is 0 Å². The highest BCUT2D eigenvalue weighted by atomic mass is 16.4. The summed E-state index contributed by atoms with van der Waals surface area (Å²) in [4.78, 5) is 29.0. The predicted octanol–water partition coefficient (Wildman–Crippen LogP) is 3.89. The second kappa shape index (κ2) is 6.67. The molecule has 132 valence electrons. The molecule has 5 heteroatoms. The van der Waals surface area contributed by atoms with E-state index < -0.39 is 5.97 Å². The zero-order valence-electron chi connectivity index (χ0n) is 14.3. The fourth-order valence-electron chi connectivity index (χ4n) is 3.69. The predicted molar refractivity (Wildman–Crippen MR) is 99.6 cm³/mol. The molecular weight excluding hydrogens is 328 g/mol. The molecule has 1 aliphatic heterocycles. The van der Waals surface area contributed by atoms with E-state index in [4.69, 9.17) is 5.11 Å². The minimum absolute atomic E-state index is 0.0494. The standard InChI is InChI=1S/C21H20N2O3/c24-20(17-8-5-15-9-10-22-19(15)12-17)23-11-1-2-18(13-23)14-3-6-16(7-4-14)21(25)26/h3-10,12,18,22H,1-2,11,13H2,(H,25,26). The summed E-state index contributed by atoms with van der Waals surface area (Å²) < 4.78 is 0. The van der Waals surface area contributed by atoms with Crippen LogP contribution in [0, 0.1) is 0 Å². The smallest absolute Gasteiger partial charge is 0.335 e. The van der Waals surface area contributed by atoms with Gasteiger partial charge in [0, 0.05) is 36.3 Å². The van der Waals surface area contributed by atoms with Crippen molar-refractivity contribution in [2.45, 2.75) is 18.8 Å². The average molecular weight is 348 g/mol. The van der Waals surface area contributed by atoms with Crippen LogP contribution in [0.4, 0.5) is 0 Å². The molecule has 2 N–H and O–H groups in total. The van der Waals surface area contributed by atoms with Crippen LogP contribution in [0.25, 0.3) is 10.9 Å². The van der Waals surface area contributed by atoms with Gasteiger partial charge in [0.2, 0.25) is 0 Å². The summed E-state index contributed by atoms with van der Waals surface area (Å²) >= 11 is 0. The van der Waals surface area contributed by atoms with E-state index in [1.54, 1.807) is 12.1 Å². The number of aromatic nitrogens is 1. The normalized spacial score (nSPS) is 17.4. The lowest BCUT2D eigenvalue weighted by Gasteiger charge is -2.33. The van der Waals surface area contributed by atoms with Gasteiger partial charge >= 0.3 is 5.97 Å². The molecule has 1 saturated heterocycles. The third-order valence-electron chi connectivity index (χ3n) is 5.14. The molecule has 1 amide bonds. The minimum atomic E-state index is -0.920. The van der Waals surface area contributed by atoms with Crippen molar-refractivity contribution in [3.05, 3.63) is 71.4 Å². The number of H-pyrrole nitrogens is 1. The maximum absolute atomic E-state index is 12.9. The summed E-state index contributed by atoms with van der Waals surface area (Å²) in [7, 11) is 0. The molecule has 0 radical (unpaired) electrons. The lowest BCUT2D eigenvalue weighted by atomic mass is 9.90. The molecule has 2 heterocycles. The molecule has 1 fully saturated rings. The maximum atomic E-state index is 12.9. The molecule has 1 aliphatic rings. The first kappa shape index (κ1) is 16.4. The number of hydrogen-bond donors (Lipinski definition) is 2. The minimum Gasteiger partial charge on any atom is -0.478 e. The van der Waals surface area contributed by atoms with Gasteiger partial charge < -0.3 is 15.0 Å². The molecule has 0 saturated carbocycles. The second-order valence-electron chi connectivity index (χ2n) is 6.80. The van der Waals surface area contributed by atoms with Gasteiger partial charge in [-0.3, -0.25) is 4.79 Å². The van der Waals surface area contributed by atoms with Gasteiger partial charge in [-0.15, -0.1) is 0 Å². The number of aromatic carboxylic acids is 1. The van der Waals surface area contributed by atoms with Crippen molar-refractivity contribution in [2.75, 3.05) is 13.1 Å². The molecule has 0 spiro atoms. The highest BCUT2D eigenvalue weighted by molar-refractivity contribution is 5.98. The fourth-order valence-corrected chi connectivity index (χ4v) is 3.69. The summed E-state index contributed by atoms with van der Waals surface area (Å²) in [5.74, 6) is -0.630. The van der Waals surface area contributed by atoms with E-state index in [0.29, 0.717) is 12.1 Å². The molecule has 2 aromatic carbocycles. The van der Waals surface area contributed by atoms with Crippen LogP contribution in [-0.4, -0.2) is 40.0 Å². The number of carbonyl (C=O) groups excluding carboxylic acids is 1. The van der Waals surface area contributed by atoms with Crippen LogP contribution in [0.2, 0.25) is 0 Å². The summed E-state index contributed by atoms with van der Waals surface area (Å²) in [6.07, 6.45) is 3.82. The number of likely N-dealkylation sites (tertiary alicyclic amines) is 1. The Morgan fingerprint density at radius 1 is 1.04 bits per heavy atom. The van der Waals surface area contributed by atoms with E-state index >= 15 is 0 Å². The van der Waals surface area contributed by atoms with Crippen molar-refractivity contribution < 1.29 is 14.7 Å². The van der Waals surface area contributed by atoms with Gasteiger partial charge in [-0.2, -0.15) is 0 Å². The Kier molecular flexibility index (Phi) is 4.21. The Labute approximate surface area is 151 Å². The number of benzene rings is 2. The van der Waals surface area contributed by atoms with Gasteiger partial charge in [-0.1, -0.05) is 18.2 Å². The SMILES string of the molecule is O=C(O)c1ccc(C2CCCN(C(=O)c3ccc4cc[nH]c4c3)C2)cc1. The Balaban J connectivity index is 1.52. The zero-order valence-corrected chi connectivity index (χ0v) is 14.3. The summed E-state index contributed by atoms with van der Waals surface area (Å²) in [5, 5.41) is 10.1. The number of carboxylic acids is 1. The summed E-state index contributed by atoms with van der Waals surface area (Å²) in [5.41, 5.74) is 3.04. The molecule has 4 rings (SSSR count). The first-order chi connectivity index (χ1) is 12.6. The van der Waals surface area contributed by atoms with Crippen LogP contribution >= 0.6 is 0 Å². The number of carboxylic acid groups (broad SMARTS) is 1. The van der Waals surface area contributed by atoms with E-state index in [1.807, 2.05) is 47.5 Å². The molecule has 0 aliphatic carbocycles. The van der Waals surface area contributed by atoms with Crippen LogP contribution < -0.4 is 0 Å². The molecule has 1 aromatic heterocycles. The maximum Gasteiger partial charge on any atom is 0.335 e. The van der Waals surface area contributed by atoms with Crippen LogP contribution in [0.1, 0.15) is 45.0 Å². The first-order valence-electron chi connectivity index (χ1n) is 8.81. The number of fused-ring (bicyclic) bond motifs is 1. The molecule has 0 bridgehead atoms. The van der Waals surface area contributed by atoms with Crippen molar-refractivity contribution in [2.24, 2.45) is 0 Å². The molecule has 26 heavy (non-hydrogen) atoms. The molecule has 1 unspecified atom stereocenters. The van der Waals surface area contributed by atoms with Gasteiger partial charge in [0.05, 0.1) is 5.56 Å². The number of aromatic amines is 1. The average Bonchev–Trinajstić information content (AvgIpc) is 3.15. The van der Waals surface area contributed by atoms with Crippen LogP contribution in [0.15, 0.2) is 54.7 Å². The topological polar surface area (TPSA) is 73.4 Å². The highest BCUT2D eigenvalue weighted by Gasteiger charge is 2.25. The number of amides is 1. The number of rotatable bonds is 3. The third kappa shape index (κ3) is 3.08. The van der Waals surface area contributed by atoms with E-state index in [-0.39, 0.29) is 17.4 Å². The molecular formula is C21H20N2O3. The zero-order chi connectivity index (χ0) is 18.1. The fraction of sp³-hybridized carbons (Fsp3) is 0.238. The van der Waals surface area contributed by atoms with Crippen molar-refractivity contribution >= 4 is 22.8 Å². The van der Waals surface area contributed by atoms with E-state index in [1.165, 1.54) is 0 Å². The van der Waals surface area contributed by atoms with Crippen LogP contribution in [-0.2, 0) is 0 Å². The Morgan fingerprint density at radius 3 is 2.58 bits per heavy atom. The number of nitrogens with one attached hydrogen (secondary N) is 1.